The van der Waals surface area contributed by atoms with E-state index in [0.29, 0.717) is 5.56 Å². The number of hydrogen-bond donors (Lipinski definition) is 3. The van der Waals surface area contributed by atoms with E-state index in [1.807, 2.05) is 0 Å². The van der Waals surface area contributed by atoms with E-state index in [1.165, 1.54) is 26.2 Å². The fourth-order valence-electron chi connectivity index (χ4n) is 1.60. The van der Waals surface area contributed by atoms with Gasteiger partial charge in [0.2, 0.25) is 5.91 Å². The molecule has 0 aliphatic rings. The summed E-state index contributed by atoms with van der Waals surface area (Å²) in [5.74, 6) is -1.19. The number of carbonyl (C=O) groups excluding carboxylic acids is 1. The first-order valence-electron chi connectivity index (χ1n) is 5.30. The minimum Gasteiger partial charge on any atom is -0.504 e. The fourth-order valence-corrected chi connectivity index (χ4v) is 1.60. The fraction of sp³-hybridized carbons (Fsp3) is 0.333. The molecule has 6 nitrogen and oxygen atoms in total. The van der Waals surface area contributed by atoms with Crippen molar-refractivity contribution in [3.63, 3.8) is 0 Å². The van der Waals surface area contributed by atoms with Crippen LogP contribution < -0.4 is 10.1 Å². The minimum atomic E-state index is -1.04. The molecule has 3 N–H and O–H groups in total. The number of phenolic OH excluding ortho intramolecular Hbond substituents is 1. The van der Waals surface area contributed by atoms with Gasteiger partial charge in [-0.3, -0.25) is 9.59 Å². The number of benzene rings is 1. The molecule has 0 bridgehead atoms. The van der Waals surface area contributed by atoms with Crippen LogP contribution in [-0.2, 0) is 9.59 Å². The van der Waals surface area contributed by atoms with Crippen molar-refractivity contribution >= 4 is 11.9 Å². The van der Waals surface area contributed by atoms with Crippen molar-refractivity contribution in [2.24, 2.45) is 0 Å². The second-order valence-electron chi connectivity index (χ2n) is 3.78. The van der Waals surface area contributed by atoms with Crippen molar-refractivity contribution in [1.29, 1.82) is 0 Å². The monoisotopic (exact) mass is 253 g/mol. The molecule has 1 aromatic rings. The van der Waals surface area contributed by atoms with Crippen LogP contribution in [0, 0.1) is 0 Å². The molecule has 0 aliphatic carbocycles. The number of hydrogen-bond acceptors (Lipinski definition) is 4. The van der Waals surface area contributed by atoms with E-state index in [4.69, 9.17) is 9.84 Å². The predicted molar refractivity (Wildman–Crippen MR) is 63.5 cm³/mol. The van der Waals surface area contributed by atoms with Crippen molar-refractivity contribution in [1.82, 2.24) is 5.32 Å². The number of carbonyl (C=O) groups is 2. The number of amides is 1. The van der Waals surface area contributed by atoms with Crippen molar-refractivity contribution in [3.05, 3.63) is 23.8 Å². The lowest BCUT2D eigenvalue weighted by atomic mass is 10.0. The number of phenols is 1. The molecule has 1 unspecified atom stereocenters. The lowest BCUT2D eigenvalue weighted by molar-refractivity contribution is -0.137. The average molecular weight is 253 g/mol. The lowest BCUT2D eigenvalue weighted by Crippen LogP contribution is -2.27. The van der Waals surface area contributed by atoms with Crippen LogP contribution >= 0.6 is 0 Å². The highest BCUT2D eigenvalue weighted by Crippen LogP contribution is 2.29. The predicted octanol–water partition coefficient (Wildman–Crippen LogP) is 1.05. The minimum absolute atomic E-state index is 0.101. The van der Waals surface area contributed by atoms with Crippen LogP contribution in [-0.4, -0.2) is 29.2 Å². The Bertz CT molecular complexity index is 442. The Morgan fingerprint density at radius 2 is 2.11 bits per heavy atom. The van der Waals surface area contributed by atoms with Crippen molar-refractivity contribution < 1.29 is 24.5 Å². The number of carboxylic acid groups (broad SMARTS) is 1. The zero-order valence-electron chi connectivity index (χ0n) is 10.1. The summed E-state index contributed by atoms with van der Waals surface area (Å²) in [5, 5.41) is 20.9. The van der Waals surface area contributed by atoms with Crippen LogP contribution in [0.15, 0.2) is 18.2 Å². The summed E-state index contributed by atoms with van der Waals surface area (Å²) in [6, 6.07) is 3.81. The molecule has 1 atom stereocenters. The summed E-state index contributed by atoms with van der Waals surface area (Å²) < 4.78 is 4.89. The van der Waals surface area contributed by atoms with Crippen LogP contribution in [0.4, 0.5) is 0 Å². The van der Waals surface area contributed by atoms with Crippen LogP contribution in [0.1, 0.15) is 24.9 Å². The molecular formula is C12H15NO5. The molecule has 1 amide bonds. The maximum atomic E-state index is 11.0. The molecule has 0 fully saturated rings. The number of ether oxygens (including phenoxy) is 1. The highest BCUT2D eigenvalue weighted by molar-refractivity contribution is 5.75. The number of carboxylic acids is 1. The first kappa shape index (κ1) is 13.8. The molecule has 1 rings (SSSR count). The van der Waals surface area contributed by atoms with Crippen molar-refractivity contribution in [2.75, 3.05) is 7.11 Å². The summed E-state index contributed by atoms with van der Waals surface area (Å²) >= 11 is 0. The van der Waals surface area contributed by atoms with E-state index in [1.54, 1.807) is 6.07 Å². The first-order chi connectivity index (χ1) is 8.43. The lowest BCUT2D eigenvalue weighted by Gasteiger charge is -2.17. The van der Waals surface area contributed by atoms with E-state index in [-0.39, 0.29) is 23.8 Å². The van der Waals surface area contributed by atoms with E-state index in [2.05, 4.69) is 5.32 Å². The Kier molecular flexibility index (Phi) is 4.53. The van der Waals surface area contributed by atoms with Gasteiger partial charge in [-0.1, -0.05) is 6.07 Å². The van der Waals surface area contributed by atoms with Crippen LogP contribution in [0.25, 0.3) is 0 Å². The molecule has 0 heterocycles. The van der Waals surface area contributed by atoms with Gasteiger partial charge >= 0.3 is 5.97 Å². The summed E-state index contributed by atoms with van der Waals surface area (Å²) in [7, 11) is 1.41. The first-order valence-corrected chi connectivity index (χ1v) is 5.30. The molecule has 1 aromatic carbocycles. The summed E-state index contributed by atoms with van der Waals surface area (Å²) in [6.07, 6.45) is -0.259. The molecule has 98 valence electrons. The number of rotatable bonds is 5. The van der Waals surface area contributed by atoms with Crippen LogP contribution in [0.5, 0.6) is 11.5 Å². The van der Waals surface area contributed by atoms with Gasteiger partial charge in [0.15, 0.2) is 11.5 Å². The molecule has 0 spiro atoms. The van der Waals surface area contributed by atoms with Gasteiger partial charge in [-0.2, -0.15) is 0 Å². The smallest absolute Gasteiger partial charge is 0.305 e. The van der Waals surface area contributed by atoms with Gasteiger partial charge in [0.25, 0.3) is 0 Å². The van der Waals surface area contributed by atoms with Crippen molar-refractivity contribution in [2.45, 2.75) is 19.4 Å². The highest BCUT2D eigenvalue weighted by atomic mass is 16.5. The summed E-state index contributed by atoms with van der Waals surface area (Å²) in [6.45, 7) is 1.30. The molecule has 0 aromatic heterocycles. The van der Waals surface area contributed by atoms with Crippen molar-refractivity contribution in [3.8, 4) is 11.5 Å². The van der Waals surface area contributed by atoms with E-state index in [0.717, 1.165) is 0 Å². The Labute approximate surface area is 104 Å². The molecule has 18 heavy (non-hydrogen) atoms. The number of methoxy groups -OCH3 is 1. The largest absolute Gasteiger partial charge is 0.504 e. The molecule has 0 saturated carbocycles. The van der Waals surface area contributed by atoms with Crippen LogP contribution in [0.3, 0.4) is 0 Å². The number of nitrogens with one attached hydrogen (secondary N) is 1. The van der Waals surface area contributed by atoms with Gasteiger partial charge in [-0.25, -0.2) is 0 Å². The van der Waals surface area contributed by atoms with E-state index >= 15 is 0 Å². The molecule has 0 saturated heterocycles. The molecular weight excluding hydrogens is 238 g/mol. The van der Waals surface area contributed by atoms with Gasteiger partial charge in [-0.05, 0) is 17.7 Å². The summed E-state index contributed by atoms with van der Waals surface area (Å²) in [4.78, 5) is 21.8. The average Bonchev–Trinajstić information content (AvgIpc) is 2.26. The van der Waals surface area contributed by atoms with Gasteiger partial charge in [-0.15, -0.1) is 0 Å². The van der Waals surface area contributed by atoms with E-state index in [9.17, 15) is 14.7 Å². The van der Waals surface area contributed by atoms with Gasteiger partial charge in [0.1, 0.15) is 0 Å². The van der Waals surface area contributed by atoms with Gasteiger partial charge in [0, 0.05) is 6.92 Å². The normalized spacial score (nSPS) is 11.7. The van der Waals surface area contributed by atoms with Crippen LogP contribution in [0.2, 0.25) is 0 Å². The van der Waals surface area contributed by atoms with Gasteiger partial charge in [0.05, 0.1) is 19.6 Å². The van der Waals surface area contributed by atoms with Gasteiger partial charge < -0.3 is 20.3 Å². The third-order valence-electron chi connectivity index (χ3n) is 2.36. The Balaban J connectivity index is 3.00. The third-order valence-corrected chi connectivity index (χ3v) is 2.36. The highest BCUT2D eigenvalue weighted by Gasteiger charge is 2.18. The third kappa shape index (κ3) is 3.65. The Morgan fingerprint density at radius 3 is 2.56 bits per heavy atom. The SMILES string of the molecule is COc1ccc(C(CC(=O)O)NC(C)=O)cc1O. The standard InChI is InChI=1S/C12H15NO5/c1-7(14)13-9(6-12(16)17)8-3-4-11(18-2)10(15)5-8/h3-5,9,15H,6H2,1-2H3,(H,13,14)(H,16,17). The zero-order chi connectivity index (χ0) is 13.7. The zero-order valence-corrected chi connectivity index (χ0v) is 10.1. The second-order valence-corrected chi connectivity index (χ2v) is 3.78. The molecule has 0 radical (unpaired) electrons. The second kappa shape index (κ2) is 5.90. The molecule has 6 heteroatoms. The Morgan fingerprint density at radius 1 is 1.44 bits per heavy atom. The Hall–Kier alpha value is -2.24. The number of aromatic hydroxyl groups is 1. The summed E-state index contributed by atoms with van der Waals surface area (Å²) in [5.41, 5.74) is 0.505. The number of aliphatic carboxylic acids is 1. The quantitative estimate of drug-likeness (QED) is 0.729. The van der Waals surface area contributed by atoms with E-state index < -0.39 is 12.0 Å². The maximum Gasteiger partial charge on any atom is 0.305 e. The maximum absolute atomic E-state index is 11.0. The molecule has 0 aliphatic heterocycles. The topological polar surface area (TPSA) is 95.9 Å².